The Kier molecular flexibility index (Phi) is 2.81. The van der Waals surface area contributed by atoms with Crippen molar-refractivity contribution in [2.75, 3.05) is 18.0 Å². The smallest absolute Gasteiger partial charge is 0.208 e. The van der Waals surface area contributed by atoms with E-state index < -0.39 is 0 Å². The number of rotatable bonds is 1. The lowest BCUT2D eigenvalue weighted by molar-refractivity contribution is 0.329. The maximum absolute atomic E-state index is 4.21. The van der Waals surface area contributed by atoms with Crippen LogP contribution in [0.25, 0.3) is 0 Å². The van der Waals surface area contributed by atoms with E-state index in [0.717, 1.165) is 18.2 Å². The van der Waals surface area contributed by atoms with Gasteiger partial charge in [-0.05, 0) is 49.1 Å². The largest absolute Gasteiger partial charge is 0.347 e. The van der Waals surface area contributed by atoms with Gasteiger partial charge in [-0.15, -0.1) is 10.2 Å². The summed E-state index contributed by atoms with van der Waals surface area (Å²) in [7, 11) is 0. The van der Waals surface area contributed by atoms with E-state index >= 15 is 0 Å². The van der Waals surface area contributed by atoms with Crippen LogP contribution in [0.2, 0.25) is 0 Å². The minimum absolute atomic E-state index is 0.433. The molecule has 0 bridgehead atoms. The summed E-state index contributed by atoms with van der Waals surface area (Å²) in [5, 5.41) is 9.25. The van der Waals surface area contributed by atoms with Gasteiger partial charge in [0.15, 0.2) is 0 Å². The molecule has 0 atom stereocenters. The van der Waals surface area contributed by atoms with Gasteiger partial charge in [-0.3, -0.25) is 0 Å². The first-order valence-corrected chi connectivity index (χ1v) is 8.26. The molecule has 4 rings (SSSR count). The summed E-state index contributed by atoms with van der Waals surface area (Å²) in [4.78, 5) is 2.40. The molecule has 3 nitrogen and oxygen atoms in total. The topological polar surface area (TPSA) is 29.0 Å². The Hall–Kier alpha value is -1.42. The molecule has 0 radical (unpaired) electrons. The number of hydrogen-bond acceptors (Lipinski definition) is 4. The molecular formula is C16H19N3S. The van der Waals surface area contributed by atoms with E-state index in [2.05, 4.69) is 40.2 Å². The van der Waals surface area contributed by atoms with Gasteiger partial charge in [0.05, 0.1) is 0 Å². The summed E-state index contributed by atoms with van der Waals surface area (Å²) in [6, 6.07) is 7.04. The Labute approximate surface area is 123 Å². The maximum atomic E-state index is 4.21. The van der Waals surface area contributed by atoms with Crippen LogP contribution in [0.4, 0.5) is 5.13 Å². The highest BCUT2D eigenvalue weighted by Gasteiger charge is 2.41. The molecule has 1 aromatic carbocycles. The van der Waals surface area contributed by atoms with Gasteiger partial charge in [-0.25, -0.2) is 0 Å². The number of aryl methyl sites for hydroxylation is 2. The second-order valence-electron chi connectivity index (χ2n) is 6.15. The molecule has 2 aliphatic rings. The predicted octanol–water partition coefficient (Wildman–Crippen LogP) is 3.33. The highest BCUT2D eigenvalue weighted by atomic mass is 32.1. The van der Waals surface area contributed by atoms with Crippen molar-refractivity contribution < 1.29 is 0 Å². The van der Waals surface area contributed by atoms with Crippen molar-refractivity contribution in [1.82, 2.24) is 10.2 Å². The second kappa shape index (κ2) is 4.55. The third kappa shape index (κ3) is 1.85. The molecule has 1 spiro atoms. The van der Waals surface area contributed by atoms with Gasteiger partial charge >= 0.3 is 0 Å². The average Bonchev–Trinajstić information content (AvgIpc) is 3.10. The van der Waals surface area contributed by atoms with Gasteiger partial charge in [0.1, 0.15) is 5.51 Å². The van der Waals surface area contributed by atoms with E-state index in [1.165, 1.54) is 31.2 Å². The van der Waals surface area contributed by atoms with E-state index in [1.54, 1.807) is 22.5 Å². The summed E-state index contributed by atoms with van der Waals surface area (Å²) in [6.45, 7) is 4.44. The number of piperidine rings is 1. The molecule has 2 aromatic rings. The van der Waals surface area contributed by atoms with Crippen molar-refractivity contribution in [1.29, 1.82) is 0 Å². The fourth-order valence-corrected chi connectivity index (χ4v) is 4.48. The molecule has 0 unspecified atom stereocenters. The van der Waals surface area contributed by atoms with Crippen molar-refractivity contribution >= 4 is 16.5 Å². The van der Waals surface area contributed by atoms with Gasteiger partial charge < -0.3 is 4.90 Å². The predicted molar refractivity (Wildman–Crippen MR) is 82.5 cm³/mol. The minimum atomic E-state index is 0.433. The summed E-state index contributed by atoms with van der Waals surface area (Å²) >= 11 is 1.65. The van der Waals surface area contributed by atoms with Gasteiger partial charge in [-0.2, -0.15) is 0 Å². The zero-order chi connectivity index (χ0) is 13.6. The zero-order valence-electron chi connectivity index (χ0n) is 11.8. The SMILES string of the molecule is Cc1ccc2c(c1)C1(CC2)CCN(c2nncs2)CC1. The summed E-state index contributed by atoms with van der Waals surface area (Å²) in [5.74, 6) is 0. The number of anilines is 1. The highest BCUT2D eigenvalue weighted by molar-refractivity contribution is 7.13. The molecule has 1 aliphatic heterocycles. The van der Waals surface area contributed by atoms with Crippen molar-refractivity contribution in [3.05, 3.63) is 40.4 Å². The molecule has 1 aliphatic carbocycles. The Morgan fingerprint density at radius 2 is 2.05 bits per heavy atom. The molecule has 4 heteroatoms. The van der Waals surface area contributed by atoms with Gasteiger partial charge in [0.25, 0.3) is 0 Å². The Bertz CT molecular complexity index is 613. The lowest BCUT2D eigenvalue weighted by atomic mass is 9.73. The molecule has 1 saturated heterocycles. The van der Waals surface area contributed by atoms with Crippen LogP contribution in [0.1, 0.15) is 36.0 Å². The lowest BCUT2D eigenvalue weighted by Gasteiger charge is -2.40. The number of benzene rings is 1. The normalized spacial score (nSPS) is 20.4. The molecule has 104 valence electrons. The third-order valence-electron chi connectivity index (χ3n) is 5.05. The van der Waals surface area contributed by atoms with Crippen LogP contribution in [-0.4, -0.2) is 23.3 Å². The zero-order valence-corrected chi connectivity index (χ0v) is 12.6. The summed E-state index contributed by atoms with van der Waals surface area (Å²) in [5.41, 5.74) is 6.88. The van der Waals surface area contributed by atoms with Crippen molar-refractivity contribution in [3.63, 3.8) is 0 Å². The first-order valence-electron chi connectivity index (χ1n) is 7.38. The van der Waals surface area contributed by atoms with Crippen LogP contribution in [0.5, 0.6) is 0 Å². The maximum Gasteiger partial charge on any atom is 0.208 e. The van der Waals surface area contributed by atoms with E-state index in [9.17, 15) is 0 Å². The molecule has 1 aromatic heterocycles. The number of fused-ring (bicyclic) bond motifs is 2. The van der Waals surface area contributed by atoms with Crippen LogP contribution in [0.15, 0.2) is 23.7 Å². The number of nitrogens with zero attached hydrogens (tertiary/aromatic N) is 3. The van der Waals surface area contributed by atoms with Crippen LogP contribution in [0, 0.1) is 6.92 Å². The van der Waals surface area contributed by atoms with Gasteiger partial charge in [0.2, 0.25) is 5.13 Å². The van der Waals surface area contributed by atoms with Crippen molar-refractivity contribution in [2.24, 2.45) is 0 Å². The van der Waals surface area contributed by atoms with Crippen LogP contribution in [-0.2, 0) is 11.8 Å². The first-order chi connectivity index (χ1) is 9.77. The van der Waals surface area contributed by atoms with Crippen LogP contribution >= 0.6 is 11.3 Å². The van der Waals surface area contributed by atoms with E-state index in [1.807, 2.05) is 5.51 Å². The van der Waals surface area contributed by atoms with E-state index in [0.29, 0.717) is 5.41 Å². The van der Waals surface area contributed by atoms with Crippen LogP contribution in [0.3, 0.4) is 0 Å². The van der Waals surface area contributed by atoms with Crippen LogP contribution < -0.4 is 4.90 Å². The van der Waals surface area contributed by atoms with Crippen molar-refractivity contribution in [2.45, 2.75) is 38.0 Å². The molecule has 20 heavy (non-hydrogen) atoms. The summed E-state index contributed by atoms with van der Waals surface area (Å²) in [6.07, 6.45) is 5.09. The monoisotopic (exact) mass is 285 g/mol. The quantitative estimate of drug-likeness (QED) is 0.805. The second-order valence-corrected chi connectivity index (χ2v) is 6.96. The van der Waals surface area contributed by atoms with Gasteiger partial charge in [-0.1, -0.05) is 35.1 Å². The molecule has 0 saturated carbocycles. The molecule has 0 amide bonds. The third-order valence-corrected chi connectivity index (χ3v) is 5.80. The standard InChI is InChI=1S/C16H19N3S/c1-12-2-3-13-4-5-16(14(13)10-12)6-8-19(9-7-16)15-18-17-11-20-15/h2-3,10-11H,4-9H2,1H3. The van der Waals surface area contributed by atoms with Gasteiger partial charge in [0, 0.05) is 13.1 Å². The fraction of sp³-hybridized carbons (Fsp3) is 0.500. The molecule has 0 N–H and O–H groups in total. The molecular weight excluding hydrogens is 266 g/mol. The highest BCUT2D eigenvalue weighted by Crippen LogP contribution is 2.47. The van der Waals surface area contributed by atoms with E-state index in [4.69, 9.17) is 0 Å². The first kappa shape index (κ1) is 12.3. The Morgan fingerprint density at radius 1 is 1.20 bits per heavy atom. The fourth-order valence-electron chi connectivity index (χ4n) is 3.86. The minimum Gasteiger partial charge on any atom is -0.347 e. The molecule has 2 heterocycles. The molecule has 1 fully saturated rings. The van der Waals surface area contributed by atoms with Crippen molar-refractivity contribution in [3.8, 4) is 0 Å². The van der Waals surface area contributed by atoms with E-state index in [-0.39, 0.29) is 0 Å². The Morgan fingerprint density at radius 3 is 2.80 bits per heavy atom. The average molecular weight is 285 g/mol. The lowest BCUT2D eigenvalue weighted by Crippen LogP contribution is -2.41. The Balaban J connectivity index is 1.59. The summed E-state index contributed by atoms with van der Waals surface area (Å²) < 4.78 is 0. The number of hydrogen-bond donors (Lipinski definition) is 0. The number of aromatic nitrogens is 2.